The van der Waals surface area contributed by atoms with Crippen LogP contribution >= 0.6 is 11.6 Å². The molecule has 1 aromatic carbocycles. The van der Waals surface area contributed by atoms with E-state index in [1.54, 1.807) is 0 Å². The Hall–Kier alpha value is -1.43. The van der Waals surface area contributed by atoms with Crippen LogP contribution in [-0.2, 0) is 16.1 Å². The van der Waals surface area contributed by atoms with Crippen molar-refractivity contribution in [1.82, 2.24) is 0 Å². The molecule has 0 aliphatic rings. The zero-order chi connectivity index (χ0) is 12.2. The number of alkyl halides is 3. The molecular formula is C9H5ClF3O3. The molecule has 0 aromatic heterocycles. The Morgan fingerprint density at radius 2 is 2.06 bits per heavy atom. The Morgan fingerprint density at radius 3 is 2.56 bits per heavy atom. The summed E-state index contributed by atoms with van der Waals surface area (Å²) in [5, 5.41) is -0.218. The minimum atomic E-state index is -4.79. The molecule has 0 amide bonds. The maximum atomic E-state index is 11.9. The molecule has 87 valence electrons. The van der Waals surface area contributed by atoms with Gasteiger partial charge in [0, 0.05) is 0 Å². The smallest absolute Gasteiger partial charge is 0.452 e. The predicted molar refractivity (Wildman–Crippen MR) is 48.6 cm³/mol. The summed E-state index contributed by atoms with van der Waals surface area (Å²) < 4.78 is 43.5. The number of carbonyl (C=O) groups excluding carboxylic acids is 1. The van der Waals surface area contributed by atoms with Crippen molar-refractivity contribution in [1.29, 1.82) is 0 Å². The van der Waals surface area contributed by atoms with Crippen LogP contribution in [0.25, 0.3) is 0 Å². The highest BCUT2D eigenvalue weighted by atomic mass is 35.5. The fraction of sp³-hybridized carbons (Fsp3) is 0.222. The van der Waals surface area contributed by atoms with Crippen LogP contribution in [0.3, 0.4) is 0 Å². The van der Waals surface area contributed by atoms with E-state index in [1.807, 2.05) is 0 Å². The van der Waals surface area contributed by atoms with Crippen molar-refractivity contribution in [2.24, 2.45) is 0 Å². The van der Waals surface area contributed by atoms with E-state index in [1.165, 1.54) is 18.6 Å². The van der Waals surface area contributed by atoms with Crippen LogP contribution in [0.5, 0.6) is 5.75 Å². The highest BCUT2D eigenvalue weighted by molar-refractivity contribution is 6.32. The van der Waals surface area contributed by atoms with Crippen molar-refractivity contribution in [3.63, 3.8) is 0 Å². The molecule has 0 bridgehead atoms. The van der Waals surface area contributed by atoms with Gasteiger partial charge in [0.15, 0.2) is 0 Å². The lowest BCUT2D eigenvalue weighted by Crippen LogP contribution is -2.17. The Bertz CT molecular complexity index is 379. The van der Waals surface area contributed by atoms with E-state index >= 15 is 0 Å². The average molecular weight is 254 g/mol. The summed E-state index contributed by atoms with van der Waals surface area (Å²) in [5.41, 5.74) is 0.433. The highest BCUT2D eigenvalue weighted by Crippen LogP contribution is 2.30. The maximum absolute atomic E-state index is 11.9. The van der Waals surface area contributed by atoms with Crippen molar-refractivity contribution in [2.45, 2.75) is 13.0 Å². The van der Waals surface area contributed by atoms with Gasteiger partial charge in [-0.05, 0) is 17.7 Å². The minimum Gasteiger partial charge on any atom is -0.452 e. The van der Waals surface area contributed by atoms with Crippen LogP contribution < -0.4 is 4.74 Å². The molecule has 0 N–H and O–H groups in total. The van der Waals surface area contributed by atoms with E-state index in [4.69, 9.17) is 11.6 Å². The van der Waals surface area contributed by atoms with E-state index in [-0.39, 0.29) is 11.6 Å². The first-order valence-electron chi connectivity index (χ1n) is 3.95. The number of halogens is 4. The molecule has 0 heterocycles. The van der Waals surface area contributed by atoms with Gasteiger partial charge in [-0.3, -0.25) is 0 Å². The molecule has 0 atom stereocenters. The van der Waals surface area contributed by atoms with Crippen LogP contribution in [0.4, 0.5) is 13.2 Å². The molecule has 0 aliphatic carbocycles. The second-order valence-electron chi connectivity index (χ2n) is 2.68. The van der Waals surface area contributed by atoms with Gasteiger partial charge in [0.05, 0.1) is 5.02 Å². The quantitative estimate of drug-likeness (QED) is 0.828. The molecule has 0 fully saturated rings. The Balaban J connectivity index is 2.79. The van der Waals surface area contributed by atoms with Crippen molar-refractivity contribution in [2.75, 3.05) is 0 Å². The lowest BCUT2D eigenvalue weighted by atomic mass is 10.2. The van der Waals surface area contributed by atoms with Crippen LogP contribution in [-0.4, -0.2) is 12.8 Å². The first kappa shape index (κ1) is 12.6. The molecule has 1 radical (unpaired) electrons. The topological polar surface area (TPSA) is 35.5 Å². The van der Waals surface area contributed by atoms with Gasteiger partial charge < -0.3 is 9.47 Å². The molecule has 1 aromatic rings. The van der Waals surface area contributed by atoms with Crippen molar-refractivity contribution in [3.05, 3.63) is 28.8 Å². The molecule has 3 nitrogen and oxygen atoms in total. The number of benzene rings is 1. The van der Waals surface area contributed by atoms with Gasteiger partial charge in [-0.1, -0.05) is 17.7 Å². The number of hydrogen-bond donors (Lipinski definition) is 0. The SMILES string of the molecule is O=[C]OCc1ccc(OC(F)(F)F)c(Cl)c1. The van der Waals surface area contributed by atoms with E-state index in [0.29, 0.717) is 5.56 Å². The zero-order valence-corrected chi connectivity index (χ0v) is 8.43. The monoisotopic (exact) mass is 253 g/mol. The summed E-state index contributed by atoms with van der Waals surface area (Å²) in [6.07, 6.45) is -4.79. The average Bonchev–Trinajstić information content (AvgIpc) is 2.17. The number of rotatable bonds is 4. The summed E-state index contributed by atoms with van der Waals surface area (Å²) in [5.74, 6) is -0.506. The molecule has 16 heavy (non-hydrogen) atoms. The van der Waals surface area contributed by atoms with Gasteiger partial charge in [0.1, 0.15) is 12.4 Å². The lowest BCUT2D eigenvalue weighted by molar-refractivity contribution is -0.274. The normalized spacial score (nSPS) is 11.0. The summed E-state index contributed by atoms with van der Waals surface area (Å²) in [7, 11) is 0. The largest absolute Gasteiger partial charge is 0.573 e. The predicted octanol–water partition coefficient (Wildman–Crippen LogP) is 2.82. The zero-order valence-electron chi connectivity index (χ0n) is 7.68. The first-order valence-corrected chi connectivity index (χ1v) is 4.33. The maximum Gasteiger partial charge on any atom is 0.573 e. The van der Waals surface area contributed by atoms with Crippen LogP contribution in [0.2, 0.25) is 5.02 Å². The van der Waals surface area contributed by atoms with Crippen LogP contribution in [0.15, 0.2) is 18.2 Å². The fourth-order valence-corrected chi connectivity index (χ4v) is 1.20. The van der Waals surface area contributed by atoms with E-state index in [2.05, 4.69) is 9.47 Å². The number of hydrogen-bond acceptors (Lipinski definition) is 3. The van der Waals surface area contributed by atoms with Crippen molar-refractivity contribution >= 4 is 18.1 Å². The first-order chi connectivity index (χ1) is 7.42. The molecule has 1 rings (SSSR count). The third kappa shape index (κ3) is 3.98. The van der Waals surface area contributed by atoms with Crippen LogP contribution in [0, 0.1) is 0 Å². The third-order valence-electron chi connectivity index (χ3n) is 1.52. The van der Waals surface area contributed by atoms with Gasteiger partial charge >= 0.3 is 12.8 Å². The third-order valence-corrected chi connectivity index (χ3v) is 1.82. The summed E-state index contributed by atoms with van der Waals surface area (Å²) in [6.45, 7) is 1.07. The second kappa shape index (κ2) is 5.07. The Kier molecular flexibility index (Phi) is 4.00. The van der Waals surface area contributed by atoms with Gasteiger partial charge in [-0.2, -0.15) is 0 Å². The van der Waals surface area contributed by atoms with E-state index < -0.39 is 12.1 Å². The molecule has 7 heteroatoms. The Morgan fingerprint density at radius 1 is 1.38 bits per heavy atom. The summed E-state index contributed by atoms with van der Waals surface area (Å²) in [4.78, 5) is 9.76. The lowest BCUT2D eigenvalue weighted by Gasteiger charge is -2.10. The fourth-order valence-electron chi connectivity index (χ4n) is 0.954. The second-order valence-corrected chi connectivity index (χ2v) is 3.09. The Labute approximate surface area is 93.7 Å². The molecular weight excluding hydrogens is 249 g/mol. The van der Waals surface area contributed by atoms with Gasteiger partial charge in [0.2, 0.25) is 0 Å². The van der Waals surface area contributed by atoms with Crippen molar-refractivity contribution in [3.8, 4) is 5.75 Å². The van der Waals surface area contributed by atoms with Crippen LogP contribution in [0.1, 0.15) is 5.56 Å². The van der Waals surface area contributed by atoms with E-state index in [0.717, 1.165) is 6.07 Å². The standard InChI is InChI=1S/C9H5ClF3O3/c10-7-3-6(4-15-5-14)1-2-8(7)16-9(11,12)13/h1-3H,4H2. The molecule has 0 saturated carbocycles. The van der Waals surface area contributed by atoms with Gasteiger partial charge in [-0.25, -0.2) is 4.79 Å². The van der Waals surface area contributed by atoms with Gasteiger partial charge in [0.25, 0.3) is 0 Å². The molecule has 0 spiro atoms. The minimum absolute atomic E-state index is 0.116. The number of ether oxygens (including phenoxy) is 2. The van der Waals surface area contributed by atoms with E-state index in [9.17, 15) is 18.0 Å². The summed E-state index contributed by atoms with van der Waals surface area (Å²) >= 11 is 5.54. The van der Waals surface area contributed by atoms with Crippen molar-refractivity contribution < 1.29 is 27.4 Å². The highest BCUT2D eigenvalue weighted by Gasteiger charge is 2.31. The molecule has 0 unspecified atom stereocenters. The van der Waals surface area contributed by atoms with Gasteiger partial charge in [-0.15, -0.1) is 13.2 Å². The summed E-state index contributed by atoms with van der Waals surface area (Å²) in [6, 6.07) is 3.55. The molecule has 0 saturated heterocycles. The molecule has 0 aliphatic heterocycles.